The maximum absolute atomic E-state index is 12.6. The van der Waals surface area contributed by atoms with E-state index in [1.807, 2.05) is 0 Å². The van der Waals surface area contributed by atoms with Crippen LogP contribution in [0.1, 0.15) is 11.1 Å². The van der Waals surface area contributed by atoms with Crippen molar-refractivity contribution in [2.45, 2.75) is 6.92 Å². The topological polar surface area (TPSA) is 0 Å². The second-order valence-electron chi connectivity index (χ2n) is 2.32. The van der Waals surface area contributed by atoms with Crippen LogP contribution in [0, 0.1) is 25.0 Å². The summed E-state index contributed by atoms with van der Waals surface area (Å²) in [7, 11) is 0. The van der Waals surface area contributed by atoms with E-state index in [9.17, 15) is 17.6 Å². The molecule has 0 heterocycles. The lowest BCUT2D eigenvalue weighted by Gasteiger charge is -2.02. The van der Waals surface area contributed by atoms with Crippen LogP contribution >= 0.6 is 0 Å². The van der Waals surface area contributed by atoms with Gasteiger partial charge in [0.05, 0.1) is 5.56 Å². The van der Waals surface area contributed by atoms with Crippen LogP contribution in [0.15, 0.2) is 12.1 Å². The first-order valence-corrected chi connectivity index (χ1v) is 3.17. The average Bonchev–Trinajstić information content (AvgIpc) is 2.00. The smallest absolute Gasteiger partial charge is 0.203 e. The van der Waals surface area contributed by atoms with Crippen molar-refractivity contribution in [1.29, 1.82) is 0 Å². The summed E-state index contributed by atoms with van der Waals surface area (Å²) in [4.78, 5) is 0. The van der Waals surface area contributed by atoms with Crippen LogP contribution in [-0.4, -0.2) is 0 Å². The molecule has 0 amide bonds. The molecule has 1 aromatic rings. The lowest BCUT2D eigenvalue weighted by molar-refractivity contribution is 0.313. The minimum atomic E-state index is -2.22. The van der Waals surface area contributed by atoms with E-state index in [0.717, 1.165) is 12.1 Å². The fraction of sp³-hybridized carbons (Fsp3) is 0.125. The first-order chi connectivity index (χ1) is 5.54. The molecule has 0 saturated carbocycles. The summed E-state index contributed by atoms with van der Waals surface area (Å²) < 4.78 is 49.0. The fourth-order valence-corrected chi connectivity index (χ4v) is 0.792. The SMILES string of the molecule is Cc1ccc([C](F)F)c(F)c1F. The number of hydrogen-bond donors (Lipinski definition) is 0. The van der Waals surface area contributed by atoms with Crippen molar-refractivity contribution in [1.82, 2.24) is 0 Å². The Kier molecular flexibility index (Phi) is 2.35. The van der Waals surface area contributed by atoms with Crippen molar-refractivity contribution < 1.29 is 17.6 Å². The third-order valence-corrected chi connectivity index (χ3v) is 1.48. The Morgan fingerprint density at radius 1 is 1.08 bits per heavy atom. The molecule has 0 spiro atoms. The molecule has 1 rings (SSSR count). The molecule has 0 nitrogen and oxygen atoms in total. The summed E-state index contributed by atoms with van der Waals surface area (Å²) in [5.41, 5.74) is -0.962. The van der Waals surface area contributed by atoms with Gasteiger partial charge in [-0.3, -0.25) is 0 Å². The van der Waals surface area contributed by atoms with Gasteiger partial charge in [0.25, 0.3) is 0 Å². The zero-order chi connectivity index (χ0) is 9.30. The lowest BCUT2D eigenvalue weighted by Crippen LogP contribution is -1.97. The van der Waals surface area contributed by atoms with Crippen molar-refractivity contribution in [3.63, 3.8) is 0 Å². The van der Waals surface area contributed by atoms with Gasteiger partial charge in [-0.05, 0) is 18.6 Å². The van der Waals surface area contributed by atoms with Crippen LogP contribution in [0.5, 0.6) is 0 Å². The first-order valence-electron chi connectivity index (χ1n) is 3.17. The van der Waals surface area contributed by atoms with Gasteiger partial charge in [0, 0.05) is 0 Å². The third-order valence-electron chi connectivity index (χ3n) is 1.48. The molecule has 0 N–H and O–H groups in total. The molecule has 0 aromatic heterocycles. The lowest BCUT2D eigenvalue weighted by atomic mass is 10.1. The van der Waals surface area contributed by atoms with Crippen molar-refractivity contribution in [2.24, 2.45) is 0 Å². The Balaban J connectivity index is 3.27. The average molecular weight is 177 g/mol. The van der Waals surface area contributed by atoms with E-state index in [0.29, 0.717) is 0 Å². The Labute approximate surface area is 66.8 Å². The highest BCUT2D eigenvalue weighted by Gasteiger charge is 2.19. The number of hydrogen-bond acceptors (Lipinski definition) is 0. The number of halogens is 4. The number of benzene rings is 1. The molecule has 0 aliphatic heterocycles. The van der Waals surface area contributed by atoms with Crippen LogP contribution in [0.25, 0.3) is 0 Å². The predicted molar refractivity (Wildman–Crippen MR) is 35.7 cm³/mol. The molecule has 0 bridgehead atoms. The van der Waals surface area contributed by atoms with Gasteiger partial charge in [-0.1, -0.05) is 6.07 Å². The maximum atomic E-state index is 12.6. The highest BCUT2D eigenvalue weighted by molar-refractivity contribution is 5.30. The van der Waals surface area contributed by atoms with Gasteiger partial charge in [0.1, 0.15) is 0 Å². The van der Waals surface area contributed by atoms with Gasteiger partial charge < -0.3 is 0 Å². The minimum absolute atomic E-state index is 0.0116. The van der Waals surface area contributed by atoms with E-state index >= 15 is 0 Å². The summed E-state index contributed by atoms with van der Waals surface area (Å²) in [6.45, 7) is 1.30. The molecular formula is C8H5F4. The van der Waals surface area contributed by atoms with Gasteiger partial charge in [-0.2, -0.15) is 8.78 Å². The second-order valence-corrected chi connectivity index (χ2v) is 2.32. The molecule has 0 saturated heterocycles. The normalized spacial score (nSPS) is 10.8. The van der Waals surface area contributed by atoms with Crippen molar-refractivity contribution in [2.75, 3.05) is 0 Å². The molecule has 65 valence electrons. The highest BCUT2D eigenvalue weighted by Crippen LogP contribution is 2.24. The van der Waals surface area contributed by atoms with E-state index in [2.05, 4.69) is 0 Å². The first kappa shape index (κ1) is 9.03. The second kappa shape index (κ2) is 3.13. The summed E-state index contributed by atoms with van der Waals surface area (Å²) >= 11 is 0. The van der Waals surface area contributed by atoms with E-state index in [4.69, 9.17) is 0 Å². The van der Waals surface area contributed by atoms with Crippen molar-refractivity contribution in [3.8, 4) is 0 Å². The summed E-state index contributed by atoms with van der Waals surface area (Å²) in [6, 6.07) is 1.95. The quantitative estimate of drug-likeness (QED) is 0.578. The molecule has 0 unspecified atom stereocenters. The maximum Gasteiger partial charge on any atom is 0.342 e. The number of rotatable bonds is 1. The van der Waals surface area contributed by atoms with Crippen LogP contribution < -0.4 is 0 Å². The van der Waals surface area contributed by atoms with Crippen LogP contribution in [0.4, 0.5) is 17.6 Å². The Hall–Kier alpha value is -1.06. The van der Waals surface area contributed by atoms with Gasteiger partial charge >= 0.3 is 6.43 Å². The largest absolute Gasteiger partial charge is 0.342 e. The molecule has 1 aromatic carbocycles. The zero-order valence-corrected chi connectivity index (χ0v) is 6.17. The standard InChI is InChI=1S/C8H5F4/c1-4-2-3-5(8(11)12)7(10)6(4)9/h2-3H,1H3. The van der Waals surface area contributed by atoms with Crippen LogP contribution in [-0.2, 0) is 0 Å². The minimum Gasteiger partial charge on any atom is -0.203 e. The summed E-state index contributed by atoms with van der Waals surface area (Å²) in [5.74, 6) is -2.71. The van der Waals surface area contributed by atoms with E-state index in [1.54, 1.807) is 0 Å². The Morgan fingerprint density at radius 3 is 2.17 bits per heavy atom. The fourth-order valence-electron chi connectivity index (χ4n) is 0.792. The molecule has 4 heteroatoms. The Bertz CT molecular complexity index is 293. The van der Waals surface area contributed by atoms with E-state index in [-0.39, 0.29) is 5.56 Å². The summed E-state index contributed by atoms with van der Waals surface area (Å²) in [6.07, 6.45) is -2.22. The van der Waals surface area contributed by atoms with Crippen LogP contribution in [0.3, 0.4) is 0 Å². The van der Waals surface area contributed by atoms with E-state index < -0.39 is 23.6 Å². The number of aryl methyl sites for hydroxylation is 1. The predicted octanol–water partition coefficient (Wildman–Crippen LogP) is 3.05. The monoisotopic (exact) mass is 177 g/mol. The van der Waals surface area contributed by atoms with Crippen LogP contribution in [0.2, 0.25) is 0 Å². The molecule has 0 atom stereocenters. The molecule has 12 heavy (non-hydrogen) atoms. The third kappa shape index (κ3) is 1.42. The molecule has 0 aliphatic rings. The van der Waals surface area contributed by atoms with E-state index in [1.165, 1.54) is 6.92 Å². The molecule has 0 aliphatic carbocycles. The zero-order valence-electron chi connectivity index (χ0n) is 6.17. The Morgan fingerprint density at radius 2 is 1.67 bits per heavy atom. The summed E-state index contributed by atoms with van der Waals surface area (Å²) in [5, 5.41) is 0. The molecular weight excluding hydrogens is 172 g/mol. The van der Waals surface area contributed by atoms with Crippen molar-refractivity contribution >= 4 is 0 Å². The van der Waals surface area contributed by atoms with Gasteiger partial charge in [0.15, 0.2) is 11.6 Å². The van der Waals surface area contributed by atoms with Gasteiger partial charge in [-0.25, -0.2) is 8.78 Å². The highest BCUT2D eigenvalue weighted by atomic mass is 19.3. The van der Waals surface area contributed by atoms with Crippen molar-refractivity contribution in [3.05, 3.63) is 41.3 Å². The van der Waals surface area contributed by atoms with Gasteiger partial charge in [-0.15, -0.1) is 0 Å². The molecule has 0 fully saturated rings. The van der Waals surface area contributed by atoms with Gasteiger partial charge in [0.2, 0.25) is 0 Å². The molecule has 1 radical (unpaired) electrons.